The lowest BCUT2D eigenvalue weighted by Gasteiger charge is -2.38. The number of carbonyl (C=O) groups is 3. The number of carbonyl (C=O) groups excluding carboxylic acids is 3. The molecule has 0 aliphatic rings. The molecule has 0 saturated heterocycles. The Morgan fingerprint density at radius 3 is 2.10 bits per heavy atom. The van der Waals surface area contributed by atoms with Crippen LogP contribution >= 0.6 is 0 Å². The Labute approximate surface area is 243 Å². The fraction of sp³-hybridized carbons (Fsp3) is 0.469. The van der Waals surface area contributed by atoms with Crippen LogP contribution in [0.25, 0.3) is 0 Å². The van der Waals surface area contributed by atoms with Crippen LogP contribution in [0.4, 0.5) is 10.5 Å². The summed E-state index contributed by atoms with van der Waals surface area (Å²) in [7, 11) is 1.55. The van der Waals surface area contributed by atoms with E-state index < -0.39 is 48.2 Å². The van der Waals surface area contributed by atoms with Gasteiger partial charge in [0.2, 0.25) is 5.91 Å². The average molecular weight is 566 g/mol. The number of terminal acetylenes is 1. The molecule has 3 unspecified atom stereocenters. The number of hydrogen-bond donors (Lipinski definition) is 3. The molecule has 41 heavy (non-hydrogen) atoms. The Hall–Kier alpha value is -4.03. The van der Waals surface area contributed by atoms with Crippen LogP contribution in [-0.4, -0.2) is 59.3 Å². The molecule has 2 rings (SSSR count). The van der Waals surface area contributed by atoms with E-state index in [4.69, 9.17) is 15.9 Å². The molecular weight excluding hydrogens is 522 g/mol. The second kappa shape index (κ2) is 15.1. The molecule has 9 heteroatoms. The van der Waals surface area contributed by atoms with Crippen molar-refractivity contribution in [2.24, 2.45) is 5.92 Å². The largest absolute Gasteiger partial charge is 0.497 e. The van der Waals surface area contributed by atoms with Gasteiger partial charge in [0.05, 0.1) is 13.7 Å². The Kier molecular flexibility index (Phi) is 12.2. The lowest BCUT2D eigenvalue weighted by molar-refractivity contribution is -0.144. The average Bonchev–Trinajstić information content (AvgIpc) is 2.92. The molecule has 0 spiro atoms. The number of rotatable bonds is 12. The number of nitrogens with one attached hydrogen (secondary N) is 2. The van der Waals surface area contributed by atoms with Crippen molar-refractivity contribution in [2.75, 3.05) is 19.0 Å². The van der Waals surface area contributed by atoms with Gasteiger partial charge in [-0.3, -0.25) is 9.59 Å². The topological polar surface area (TPSA) is 117 Å². The molecule has 2 aromatic carbocycles. The predicted octanol–water partition coefficient (Wildman–Crippen LogP) is 4.90. The summed E-state index contributed by atoms with van der Waals surface area (Å²) in [6.07, 6.45) is 6.07. The molecular formula is C32H43N3O6. The van der Waals surface area contributed by atoms with Crippen molar-refractivity contribution in [3.05, 3.63) is 59.7 Å². The van der Waals surface area contributed by atoms with E-state index in [2.05, 4.69) is 30.4 Å². The molecule has 0 aliphatic heterocycles. The van der Waals surface area contributed by atoms with Gasteiger partial charge in [-0.15, -0.1) is 6.42 Å². The highest BCUT2D eigenvalue weighted by Gasteiger charge is 2.38. The van der Waals surface area contributed by atoms with Crippen molar-refractivity contribution >= 4 is 23.6 Å². The third-order valence-electron chi connectivity index (χ3n) is 6.34. The second-order valence-electron chi connectivity index (χ2n) is 11.3. The van der Waals surface area contributed by atoms with E-state index >= 15 is 0 Å². The lowest BCUT2D eigenvalue weighted by atomic mass is 9.96. The first-order chi connectivity index (χ1) is 19.3. The third-order valence-corrected chi connectivity index (χ3v) is 6.34. The minimum Gasteiger partial charge on any atom is -0.497 e. The predicted molar refractivity (Wildman–Crippen MR) is 159 cm³/mol. The first-order valence-corrected chi connectivity index (χ1v) is 13.7. The second-order valence-corrected chi connectivity index (χ2v) is 11.3. The SMILES string of the molecule is C#Cc1ccc(C(C(=O)Nc2ccc(OC)cc2)N(C(=O)C(CO)NC(=O)OC(C)(C)C)C(C)CCC(C)C)cc1. The number of nitrogens with zero attached hydrogens (tertiary/aromatic N) is 1. The van der Waals surface area contributed by atoms with Crippen LogP contribution in [0.15, 0.2) is 48.5 Å². The monoisotopic (exact) mass is 565 g/mol. The first kappa shape index (κ1) is 33.2. The minimum absolute atomic E-state index is 0.351. The number of methoxy groups -OCH3 is 1. The van der Waals surface area contributed by atoms with Gasteiger partial charge in [-0.25, -0.2) is 4.79 Å². The van der Waals surface area contributed by atoms with Gasteiger partial charge in [0, 0.05) is 17.3 Å². The summed E-state index contributed by atoms with van der Waals surface area (Å²) >= 11 is 0. The molecule has 0 radical (unpaired) electrons. The summed E-state index contributed by atoms with van der Waals surface area (Å²) < 4.78 is 10.5. The summed E-state index contributed by atoms with van der Waals surface area (Å²) in [5.41, 5.74) is 0.841. The Morgan fingerprint density at radius 1 is 1.00 bits per heavy atom. The zero-order valence-electron chi connectivity index (χ0n) is 25.1. The zero-order chi connectivity index (χ0) is 30.7. The van der Waals surface area contributed by atoms with Gasteiger partial charge in [-0.05, 0) is 88.4 Å². The number of aliphatic hydroxyl groups is 1. The minimum atomic E-state index is -1.34. The van der Waals surface area contributed by atoms with Crippen LogP contribution in [0.1, 0.15) is 71.6 Å². The standard InChI is InChI=1S/C32H43N3O6/c1-9-23-12-14-24(15-13-23)28(29(37)33-25-16-18-26(40-8)19-17-25)35(22(4)11-10-21(2)3)30(38)27(20-36)34-31(39)41-32(5,6)7/h1,12-19,21-22,27-28,36H,10-11,20H2,2-8H3,(H,33,37)(H,34,39). The summed E-state index contributed by atoms with van der Waals surface area (Å²) in [6.45, 7) is 10.4. The maximum Gasteiger partial charge on any atom is 0.408 e. The van der Waals surface area contributed by atoms with E-state index in [1.54, 1.807) is 76.4 Å². The van der Waals surface area contributed by atoms with E-state index in [0.717, 1.165) is 6.42 Å². The molecule has 0 aromatic heterocycles. The molecule has 0 heterocycles. The lowest BCUT2D eigenvalue weighted by Crippen LogP contribution is -2.56. The van der Waals surface area contributed by atoms with Gasteiger partial charge in [-0.2, -0.15) is 0 Å². The number of amides is 3. The number of aliphatic hydroxyl groups excluding tert-OH is 1. The molecule has 222 valence electrons. The van der Waals surface area contributed by atoms with Crippen LogP contribution in [0.5, 0.6) is 5.75 Å². The number of alkyl carbamates (subject to hydrolysis) is 1. The van der Waals surface area contributed by atoms with Crippen LogP contribution in [0, 0.1) is 18.3 Å². The molecule has 0 bridgehead atoms. The maximum absolute atomic E-state index is 14.1. The highest BCUT2D eigenvalue weighted by atomic mass is 16.6. The van der Waals surface area contributed by atoms with Gasteiger partial charge >= 0.3 is 6.09 Å². The smallest absolute Gasteiger partial charge is 0.408 e. The van der Waals surface area contributed by atoms with Crippen molar-refractivity contribution in [3.63, 3.8) is 0 Å². The summed E-state index contributed by atoms with van der Waals surface area (Å²) in [6, 6.07) is 10.8. The van der Waals surface area contributed by atoms with Crippen molar-refractivity contribution in [2.45, 2.75) is 78.1 Å². The molecule has 0 aliphatic carbocycles. The molecule has 0 fully saturated rings. The Bertz CT molecular complexity index is 1200. The van der Waals surface area contributed by atoms with Crippen molar-refractivity contribution in [1.29, 1.82) is 0 Å². The maximum atomic E-state index is 14.1. The number of benzene rings is 2. The molecule has 3 amide bonds. The summed E-state index contributed by atoms with van der Waals surface area (Å²) in [5.74, 6) is 2.45. The Morgan fingerprint density at radius 2 is 1.61 bits per heavy atom. The van der Waals surface area contributed by atoms with Gasteiger partial charge < -0.3 is 30.1 Å². The van der Waals surface area contributed by atoms with Crippen molar-refractivity contribution in [3.8, 4) is 18.1 Å². The van der Waals surface area contributed by atoms with Crippen LogP contribution in [-0.2, 0) is 14.3 Å². The number of hydrogen-bond acceptors (Lipinski definition) is 6. The fourth-order valence-electron chi connectivity index (χ4n) is 4.21. The molecule has 3 atom stereocenters. The van der Waals surface area contributed by atoms with Gasteiger partial charge in [0.15, 0.2) is 0 Å². The Balaban J connectivity index is 2.57. The van der Waals surface area contributed by atoms with E-state index in [0.29, 0.717) is 34.9 Å². The molecule has 3 N–H and O–H groups in total. The normalized spacial score (nSPS) is 13.4. The van der Waals surface area contributed by atoms with Gasteiger partial charge in [0.25, 0.3) is 5.91 Å². The molecule has 2 aromatic rings. The van der Waals surface area contributed by atoms with Gasteiger partial charge in [0.1, 0.15) is 23.4 Å². The van der Waals surface area contributed by atoms with Crippen molar-refractivity contribution in [1.82, 2.24) is 10.2 Å². The van der Waals surface area contributed by atoms with Crippen LogP contribution < -0.4 is 15.4 Å². The van der Waals surface area contributed by atoms with E-state index in [1.165, 1.54) is 4.90 Å². The van der Waals surface area contributed by atoms with E-state index in [9.17, 15) is 19.5 Å². The zero-order valence-corrected chi connectivity index (χ0v) is 25.1. The van der Waals surface area contributed by atoms with Crippen molar-refractivity contribution < 1.29 is 29.0 Å². The summed E-state index contributed by atoms with van der Waals surface area (Å²) in [4.78, 5) is 42.1. The first-order valence-electron chi connectivity index (χ1n) is 13.7. The van der Waals surface area contributed by atoms with E-state index in [1.807, 2.05) is 6.92 Å². The highest BCUT2D eigenvalue weighted by molar-refractivity contribution is 5.99. The molecule has 0 saturated carbocycles. The number of anilines is 1. The fourth-order valence-corrected chi connectivity index (χ4v) is 4.21. The third kappa shape index (κ3) is 10.1. The quantitative estimate of drug-likeness (QED) is 0.315. The highest BCUT2D eigenvalue weighted by Crippen LogP contribution is 2.29. The number of ether oxygens (including phenoxy) is 2. The summed E-state index contributed by atoms with van der Waals surface area (Å²) in [5, 5.41) is 15.6. The van der Waals surface area contributed by atoms with E-state index in [-0.39, 0.29) is 0 Å². The van der Waals surface area contributed by atoms with Crippen LogP contribution in [0.3, 0.4) is 0 Å². The van der Waals surface area contributed by atoms with Gasteiger partial charge in [-0.1, -0.05) is 31.9 Å². The molecule has 9 nitrogen and oxygen atoms in total. The van der Waals surface area contributed by atoms with Crippen LogP contribution in [0.2, 0.25) is 0 Å².